The molecule has 1 aromatic heterocycles. The third-order valence-corrected chi connectivity index (χ3v) is 5.59. The van der Waals surface area contributed by atoms with E-state index in [2.05, 4.69) is 10.6 Å². The van der Waals surface area contributed by atoms with Crippen LogP contribution in [-0.4, -0.2) is 39.7 Å². The number of hydrazine groups is 1. The maximum atomic E-state index is 11.8. The van der Waals surface area contributed by atoms with Crippen molar-refractivity contribution in [3.8, 4) is 17.1 Å². The monoisotopic (exact) mass is 458 g/mol. The van der Waals surface area contributed by atoms with Crippen molar-refractivity contribution in [3.63, 3.8) is 0 Å². The molecule has 0 radical (unpaired) electrons. The van der Waals surface area contributed by atoms with Gasteiger partial charge in [0.1, 0.15) is 6.54 Å². The quantitative estimate of drug-likeness (QED) is 0.433. The van der Waals surface area contributed by atoms with E-state index in [4.69, 9.17) is 9.57 Å². The van der Waals surface area contributed by atoms with E-state index in [0.717, 1.165) is 22.4 Å². The first-order valence-corrected chi connectivity index (χ1v) is 10.8. The first-order chi connectivity index (χ1) is 16.5. The summed E-state index contributed by atoms with van der Waals surface area (Å²) in [6.45, 7) is 2.79. The summed E-state index contributed by atoms with van der Waals surface area (Å²) in [5, 5.41) is 11.3. The van der Waals surface area contributed by atoms with Crippen LogP contribution in [0.4, 0.5) is 5.69 Å². The normalized spacial score (nSPS) is 13.3. The number of hydrogen-bond donors (Lipinski definition) is 2. The maximum Gasteiger partial charge on any atom is 0.347 e. The smallest absolute Gasteiger partial charge is 0.347 e. The molecule has 0 amide bonds. The number of carboxylic acids is 1. The summed E-state index contributed by atoms with van der Waals surface area (Å²) < 4.78 is 7.50. The first-order valence-electron chi connectivity index (χ1n) is 10.8. The fourth-order valence-electron chi connectivity index (χ4n) is 4.08. The topological polar surface area (TPSA) is 106 Å². The van der Waals surface area contributed by atoms with Gasteiger partial charge in [0.05, 0.1) is 35.4 Å². The minimum absolute atomic E-state index is 0.120. The van der Waals surface area contributed by atoms with Crippen molar-refractivity contribution in [1.29, 1.82) is 0 Å². The third kappa shape index (κ3) is 3.93. The van der Waals surface area contributed by atoms with E-state index in [-0.39, 0.29) is 18.1 Å². The Morgan fingerprint density at radius 1 is 1.12 bits per heavy atom. The van der Waals surface area contributed by atoms with Gasteiger partial charge in [0.2, 0.25) is 0 Å². The van der Waals surface area contributed by atoms with Crippen LogP contribution in [0.25, 0.3) is 22.2 Å². The van der Waals surface area contributed by atoms with Crippen LogP contribution in [0.3, 0.4) is 0 Å². The van der Waals surface area contributed by atoms with Crippen LogP contribution in [-0.2, 0) is 16.2 Å². The molecule has 1 aliphatic rings. The average Bonchev–Trinajstić information content (AvgIpc) is 3.43. The van der Waals surface area contributed by atoms with Crippen molar-refractivity contribution < 1.29 is 24.3 Å². The molecule has 0 atom stereocenters. The Labute approximate surface area is 195 Å². The van der Waals surface area contributed by atoms with Crippen LogP contribution in [0.15, 0.2) is 66.7 Å². The molecule has 0 unspecified atom stereocenters. The molecule has 9 nitrogen and oxygen atoms in total. The number of anilines is 1. The molecule has 172 valence electrons. The average molecular weight is 458 g/mol. The molecule has 3 aromatic carbocycles. The highest BCUT2D eigenvalue weighted by Gasteiger charge is 2.23. The molecule has 9 heteroatoms. The Morgan fingerprint density at radius 2 is 1.91 bits per heavy atom. The Balaban J connectivity index is 1.49. The number of ether oxygens (including phenoxy) is 1. The van der Waals surface area contributed by atoms with Crippen molar-refractivity contribution in [2.24, 2.45) is 0 Å². The van der Waals surface area contributed by atoms with E-state index >= 15 is 0 Å². The van der Waals surface area contributed by atoms with Gasteiger partial charge in [-0.3, -0.25) is 9.58 Å². The summed E-state index contributed by atoms with van der Waals surface area (Å²) in [6, 6.07) is 21.1. The molecule has 4 aromatic rings. The molecule has 5 rings (SSSR count). The molecule has 0 aliphatic carbocycles. The van der Waals surface area contributed by atoms with Gasteiger partial charge in [-0.05, 0) is 36.2 Å². The van der Waals surface area contributed by atoms with Crippen LogP contribution < -0.4 is 15.3 Å². The van der Waals surface area contributed by atoms with Crippen molar-refractivity contribution in [1.82, 2.24) is 15.1 Å². The van der Waals surface area contributed by atoms with Crippen molar-refractivity contribution in [2.75, 3.05) is 18.2 Å². The lowest BCUT2D eigenvalue weighted by Crippen LogP contribution is -2.30. The second-order valence-corrected chi connectivity index (χ2v) is 7.76. The molecule has 1 saturated heterocycles. The fourth-order valence-corrected chi connectivity index (χ4v) is 4.08. The van der Waals surface area contributed by atoms with Gasteiger partial charge >= 0.3 is 11.9 Å². The number of para-hydroxylation sites is 2. The number of aromatic carboxylic acids is 1. The fraction of sp³-hybridized carbons (Fsp3) is 0.160. The van der Waals surface area contributed by atoms with Gasteiger partial charge in [-0.15, -0.1) is 0 Å². The number of nitrogens with zero attached hydrogens (tertiary/aromatic N) is 3. The van der Waals surface area contributed by atoms with Crippen LogP contribution in [0.1, 0.15) is 22.8 Å². The van der Waals surface area contributed by atoms with Gasteiger partial charge in [0, 0.05) is 5.56 Å². The van der Waals surface area contributed by atoms with Gasteiger partial charge in [-0.1, -0.05) is 54.1 Å². The number of carbonyl (C=O) groups is 2. The molecular formula is C25H22N4O5. The number of nitrogens with one attached hydrogen (secondary N) is 1. The van der Waals surface area contributed by atoms with Crippen LogP contribution in [0.5, 0.6) is 6.01 Å². The zero-order valence-corrected chi connectivity index (χ0v) is 18.4. The highest BCUT2D eigenvalue weighted by molar-refractivity contribution is 6.01. The standard InChI is InChI=1S/C25H22N4O5/c1-2-33-25-26-20-8-5-7-19(24(31)32)23(20)28(25)14-16-10-12-17(13-11-16)18-6-3-4-9-21(18)29-15-22(30)34-27-29/h3-13,27H,2,14-15H2,1H3,(H,31,32). The van der Waals surface area contributed by atoms with Crippen LogP contribution in [0.2, 0.25) is 0 Å². The van der Waals surface area contributed by atoms with E-state index in [1.54, 1.807) is 27.8 Å². The van der Waals surface area contributed by atoms with Gasteiger partial charge in [0.15, 0.2) is 0 Å². The van der Waals surface area contributed by atoms with Crippen molar-refractivity contribution >= 4 is 28.7 Å². The number of imidazole rings is 1. The van der Waals surface area contributed by atoms with E-state index in [1.807, 2.05) is 55.5 Å². The first kappa shape index (κ1) is 21.5. The maximum absolute atomic E-state index is 11.8. The lowest BCUT2D eigenvalue weighted by molar-refractivity contribution is -0.142. The highest BCUT2D eigenvalue weighted by Crippen LogP contribution is 2.32. The van der Waals surface area contributed by atoms with Gasteiger partial charge in [-0.25, -0.2) is 9.59 Å². The number of carboxylic acid groups (broad SMARTS) is 1. The second-order valence-electron chi connectivity index (χ2n) is 7.76. The van der Waals surface area contributed by atoms with Gasteiger partial charge < -0.3 is 14.7 Å². The Bertz CT molecular complexity index is 1380. The van der Waals surface area contributed by atoms with E-state index in [9.17, 15) is 14.7 Å². The summed E-state index contributed by atoms with van der Waals surface area (Å²) in [6.07, 6.45) is 0. The SMILES string of the molecule is CCOc1nc2cccc(C(=O)O)c2n1Cc1ccc(-c2ccccc2N2CC(=O)ON2)cc1. The Morgan fingerprint density at radius 3 is 2.62 bits per heavy atom. The van der Waals surface area contributed by atoms with E-state index in [0.29, 0.717) is 30.2 Å². The minimum Gasteiger partial charge on any atom is -0.478 e. The summed E-state index contributed by atoms with van der Waals surface area (Å²) in [7, 11) is 0. The predicted molar refractivity (Wildman–Crippen MR) is 125 cm³/mol. The van der Waals surface area contributed by atoms with Gasteiger partial charge in [0.25, 0.3) is 6.01 Å². The van der Waals surface area contributed by atoms with Gasteiger partial charge in [-0.2, -0.15) is 4.98 Å². The number of benzene rings is 3. The molecule has 1 aliphatic heterocycles. The number of carbonyl (C=O) groups excluding carboxylic acids is 1. The predicted octanol–water partition coefficient (Wildman–Crippen LogP) is 3.63. The lowest BCUT2D eigenvalue weighted by Gasteiger charge is -2.18. The summed E-state index contributed by atoms with van der Waals surface area (Å²) >= 11 is 0. The highest BCUT2D eigenvalue weighted by atomic mass is 16.7. The summed E-state index contributed by atoms with van der Waals surface area (Å²) in [5.41, 5.74) is 7.60. The molecule has 0 spiro atoms. The molecule has 1 fully saturated rings. The zero-order valence-electron chi connectivity index (χ0n) is 18.4. The largest absolute Gasteiger partial charge is 0.478 e. The van der Waals surface area contributed by atoms with E-state index in [1.165, 1.54) is 0 Å². The Hall–Kier alpha value is -4.37. The zero-order chi connectivity index (χ0) is 23.7. The minimum atomic E-state index is -1.01. The molecule has 0 saturated carbocycles. The number of aromatic nitrogens is 2. The molecule has 0 bridgehead atoms. The number of fused-ring (bicyclic) bond motifs is 1. The van der Waals surface area contributed by atoms with Crippen molar-refractivity contribution in [2.45, 2.75) is 13.5 Å². The Kier molecular flexibility index (Phi) is 5.60. The molecule has 34 heavy (non-hydrogen) atoms. The number of hydrogen-bond acceptors (Lipinski definition) is 7. The van der Waals surface area contributed by atoms with Crippen LogP contribution >= 0.6 is 0 Å². The second kappa shape index (κ2) is 8.87. The number of rotatable bonds is 7. The lowest BCUT2D eigenvalue weighted by atomic mass is 10.0. The van der Waals surface area contributed by atoms with Crippen LogP contribution in [0, 0.1) is 0 Å². The molecule has 2 heterocycles. The summed E-state index contributed by atoms with van der Waals surface area (Å²) in [5.74, 6) is -1.36. The molecular weight excluding hydrogens is 436 g/mol. The molecule has 2 N–H and O–H groups in total. The summed E-state index contributed by atoms with van der Waals surface area (Å²) in [4.78, 5) is 32.7. The third-order valence-electron chi connectivity index (χ3n) is 5.59. The van der Waals surface area contributed by atoms with E-state index < -0.39 is 5.97 Å². The van der Waals surface area contributed by atoms with Crippen molar-refractivity contribution in [3.05, 3.63) is 77.9 Å².